The van der Waals surface area contributed by atoms with Gasteiger partial charge in [0.2, 0.25) is 0 Å². The maximum atomic E-state index is 12.0. The molecule has 1 aromatic carbocycles. The van der Waals surface area contributed by atoms with Gasteiger partial charge in [-0.05, 0) is 56.7 Å². The Bertz CT molecular complexity index is 747. The molecule has 6 heteroatoms. The summed E-state index contributed by atoms with van der Waals surface area (Å²) in [6, 6.07) is 10.2. The van der Waals surface area contributed by atoms with Crippen LogP contribution in [0.3, 0.4) is 0 Å². The van der Waals surface area contributed by atoms with Crippen molar-refractivity contribution >= 4 is 23.8 Å². The van der Waals surface area contributed by atoms with Gasteiger partial charge in [-0.15, -0.1) is 0 Å². The first-order valence-electron chi connectivity index (χ1n) is 8.06. The maximum Gasteiger partial charge on any atom is 0.330 e. The second kappa shape index (κ2) is 8.73. The molecule has 0 fully saturated rings. The first-order chi connectivity index (χ1) is 12.0. The molecule has 0 radical (unpaired) electrons. The minimum Gasteiger partial charge on any atom is -0.464 e. The summed E-state index contributed by atoms with van der Waals surface area (Å²) >= 11 is 0. The topological polar surface area (TPSA) is 80.6 Å². The monoisotopic (exact) mass is 342 g/mol. The SMILES string of the molecule is CCOC(=O)/C=C/c1ccc(NC(=O)N[C@H](C)c2ccc(C)o2)cc1. The highest BCUT2D eigenvalue weighted by molar-refractivity contribution is 5.90. The maximum absolute atomic E-state index is 12.0. The Morgan fingerprint density at radius 1 is 1.20 bits per heavy atom. The molecule has 2 aromatic rings. The Labute approximate surface area is 146 Å². The van der Waals surface area contributed by atoms with Gasteiger partial charge in [0.15, 0.2) is 0 Å². The van der Waals surface area contributed by atoms with Gasteiger partial charge >= 0.3 is 12.0 Å². The van der Waals surface area contributed by atoms with Crippen molar-refractivity contribution in [3.05, 3.63) is 59.6 Å². The molecule has 25 heavy (non-hydrogen) atoms. The highest BCUT2D eigenvalue weighted by Crippen LogP contribution is 2.16. The van der Waals surface area contributed by atoms with Crippen molar-refractivity contribution < 1.29 is 18.7 Å². The zero-order chi connectivity index (χ0) is 18.2. The van der Waals surface area contributed by atoms with Gasteiger partial charge < -0.3 is 19.8 Å². The lowest BCUT2D eigenvalue weighted by atomic mass is 10.2. The molecule has 2 amide bonds. The van der Waals surface area contributed by atoms with E-state index in [0.29, 0.717) is 18.1 Å². The van der Waals surface area contributed by atoms with E-state index in [4.69, 9.17) is 9.15 Å². The summed E-state index contributed by atoms with van der Waals surface area (Å²) < 4.78 is 10.3. The molecule has 1 heterocycles. The van der Waals surface area contributed by atoms with Gasteiger partial charge in [0.05, 0.1) is 12.6 Å². The number of nitrogens with one attached hydrogen (secondary N) is 2. The number of esters is 1. The highest BCUT2D eigenvalue weighted by Gasteiger charge is 2.12. The van der Waals surface area contributed by atoms with Gasteiger partial charge in [-0.1, -0.05) is 12.1 Å². The van der Waals surface area contributed by atoms with Crippen LogP contribution >= 0.6 is 0 Å². The fourth-order valence-electron chi connectivity index (χ4n) is 2.15. The summed E-state index contributed by atoms with van der Waals surface area (Å²) in [5.74, 6) is 1.12. The molecule has 0 saturated heterocycles. The van der Waals surface area contributed by atoms with Gasteiger partial charge in [0, 0.05) is 11.8 Å². The number of amides is 2. The normalized spacial score (nSPS) is 12.0. The largest absolute Gasteiger partial charge is 0.464 e. The quantitative estimate of drug-likeness (QED) is 0.613. The standard InChI is InChI=1S/C19H22N2O4/c1-4-24-18(22)12-8-15-6-9-16(10-7-15)21-19(23)20-14(3)17-11-5-13(2)25-17/h5-12,14H,4H2,1-3H3,(H2,20,21,23)/b12-8+/t14-/m1/s1. The fourth-order valence-corrected chi connectivity index (χ4v) is 2.15. The van der Waals surface area contributed by atoms with Crippen LogP contribution < -0.4 is 10.6 Å². The zero-order valence-electron chi connectivity index (χ0n) is 14.5. The van der Waals surface area contributed by atoms with E-state index in [9.17, 15) is 9.59 Å². The molecule has 0 aliphatic heterocycles. The van der Waals surface area contributed by atoms with Crippen molar-refractivity contribution in [1.29, 1.82) is 0 Å². The number of urea groups is 1. The van der Waals surface area contributed by atoms with Crippen molar-refractivity contribution in [2.24, 2.45) is 0 Å². The molecule has 0 unspecified atom stereocenters. The molecule has 0 aliphatic carbocycles. The average molecular weight is 342 g/mol. The summed E-state index contributed by atoms with van der Waals surface area (Å²) in [5, 5.41) is 5.56. The minimum absolute atomic E-state index is 0.236. The van der Waals surface area contributed by atoms with Crippen LogP contribution in [-0.4, -0.2) is 18.6 Å². The number of hydrogen-bond donors (Lipinski definition) is 2. The third kappa shape index (κ3) is 5.84. The third-order valence-corrected chi connectivity index (χ3v) is 3.40. The van der Waals surface area contributed by atoms with Gasteiger partial charge in [-0.2, -0.15) is 0 Å². The molecule has 0 bridgehead atoms. The number of carbonyl (C=O) groups is 2. The molecule has 1 aromatic heterocycles. The summed E-state index contributed by atoms with van der Waals surface area (Å²) in [5.41, 5.74) is 1.48. The van der Waals surface area contributed by atoms with Crippen molar-refractivity contribution in [2.45, 2.75) is 26.8 Å². The molecule has 2 rings (SSSR count). The Morgan fingerprint density at radius 3 is 2.52 bits per heavy atom. The smallest absolute Gasteiger partial charge is 0.330 e. The first kappa shape index (κ1) is 18.3. The van der Waals surface area contributed by atoms with E-state index >= 15 is 0 Å². The van der Waals surface area contributed by atoms with E-state index in [-0.39, 0.29) is 18.0 Å². The molecule has 0 spiro atoms. The van der Waals surface area contributed by atoms with Crippen LogP contribution in [0.1, 0.15) is 37.0 Å². The van der Waals surface area contributed by atoms with Crippen LogP contribution in [0, 0.1) is 6.92 Å². The van der Waals surface area contributed by atoms with Crippen LogP contribution in [0.25, 0.3) is 6.08 Å². The van der Waals surface area contributed by atoms with Crippen LogP contribution in [0.2, 0.25) is 0 Å². The lowest BCUT2D eigenvalue weighted by Gasteiger charge is -2.12. The third-order valence-electron chi connectivity index (χ3n) is 3.40. The van der Waals surface area contributed by atoms with E-state index in [1.165, 1.54) is 6.08 Å². The van der Waals surface area contributed by atoms with E-state index in [1.807, 2.05) is 26.0 Å². The van der Waals surface area contributed by atoms with Crippen molar-refractivity contribution in [1.82, 2.24) is 5.32 Å². The Balaban J connectivity index is 1.87. The predicted molar refractivity (Wildman–Crippen MR) is 96.1 cm³/mol. The van der Waals surface area contributed by atoms with Gasteiger partial charge in [-0.25, -0.2) is 9.59 Å². The molecule has 2 N–H and O–H groups in total. The lowest BCUT2D eigenvalue weighted by Crippen LogP contribution is -2.30. The average Bonchev–Trinajstić information content (AvgIpc) is 3.01. The summed E-state index contributed by atoms with van der Waals surface area (Å²) in [4.78, 5) is 23.3. The molecule has 0 aliphatic rings. The number of benzene rings is 1. The Morgan fingerprint density at radius 2 is 1.92 bits per heavy atom. The number of anilines is 1. The predicted octanol–water partition coefficient (Wildman–Crippen LogP) is 4.05. The molecule has 0 saturated carbocycles. The minimum atomic E-state index is -0.383. The van der Waals surface area contributed by atoms with E-state index in [1.54, 1.807) is 37.3 Å². The van der Waals surface area contributed by atoms with Gasteiger partial charge in [0.25, 0.3) is 0 Å². The number of carbonyl (C=O) groups excluding carboxylic acids is 2. The van der Waals surface area contributed by atoms with Gasteiger partial charge in [-0.3, -0.25) is 0 Å². The number of hydrogen-bond acceptors (Lipinski definition) is 4. The second-order valence-corrected chi connectivity index (χ2v) is 5.48. The molecule has 132 valence electrons. The van der Waals surface area contributed by atoms with E-state index in [0.717, 1.165) is 11.3 Å². The van der Waals surface area contributed by atoms with E-state index in [2.05, 4.69) is 10.6 Å². The highest BCUT2D eigenvalue weighted by atomic mass is 16.5. The van der Waals surface area contributed by atoms with Crippen molar-refractivity contribution in [3.63, 3.8) is 0 Å². The summed E-state index contributed by atoms with van der Waals surface area (Å²) in [6.45, 7) is 5.80. The molecular weight excluding hydrogens is 320 g/mol. The number of furan rings is 1. The van der Waals surface area contributed by atoms with E-state index < -0.39 is 0 Å². The molecular formula is C19H22N2O4. The zero-order valence-corrected chi connectivity index (χ0v) is 14.5. The van der Waals surface area contributed by atoms with Crippen molar-refractivity contribution in [3.8, 4) is 0 Å². The lowest BCUT2D eigenvalue weighted by molar-refractivity contribution is -0.137. The Kier molecular flexibility index (Phi) is 6.39. The number of rotatable bonds is 6. The molecule has 6 nitrogen and oxygen atoms in total. The van der Waals surface area contributed by atoms with Crippen LogP contribution in [-0.2, 0) is 9.53 Å². The summed E-state index contributed by atoms with van der Waals surface area (Å²) in [7, 11) is 0. The fraction of sp³-hybridized carbons (Fsp3) is 0.263. The first-order valence-corrected chi connectivity index (χ1v) is 8.06. The van der Waals surface area contributed by atoms with Gasteiger partial charge in [0.1, 0.15) is 11.5 Å². The summed E-state index contributed by atoms with van der Waals surface area (Å²) in [6.07, 6.45) is 3.02. The number of ether oxygens (including phenoxy) is 1. The van der Waals surface area contributed by atoms with Crippen LogP contribution in [0.5, 0.6) is 0 Å². The van der Waals surface area contributed by atoms with Crippen LogP contribution in [0.15, 0.2) is 46.9 Å². The van der Waals surface area contributed by atoms with Crippen LogP contribution in [0.4, 0.5) is 10.5 Å². The van der Waals surface area contributed by atoms with Crippen molar-refractivity contribution in [2.75, 3.05) is 11.9 Å². The Hall–Kier alpha value is -3.02. The second-order valence-electron chi connectivity index (χ2n) is 5.48. The molecule has 1 atom stereocenters. The number of aryl methyl sites for hydroxylation is 1.